The van der Waals surface area contributed by atoms with Crippen LogP contribution in [0.4, 0.5) is 0 Å². The predicted molar refractivity (Wildman–Crippen MR) is 76.8 cm³/mol. The highest BCUT2D eigenvalue weighted by atomic mass is 35.7. The number of rotatable bonds is 14. The predicted octanol–water partition coefficient (Wildman–Crippen LogP) is 4.00. The molecule has 0 bridgehead atoms. The molecule has 0 saturated carbocycles. The van der Waals surface area contributed by atoms with E-state index in [4.69, 9.17) is 31.7 Å². The minimum absolute atomic E-state index is 0.144. The number of halogens is 1. The Morgan fingerprint density at radius 2 is 1.37 bits per heavy atom. The van der Waals surface area contributed by atoms with Gasteiger partial charge >= 0.3 is 6.95 Å². The minimum atomic E-state index is -5.12. The molecule has 0 amide bonds. The van der Waals surface area contributed by atoms with E-state index in [1.165, 1.54) is 0 Å². The van der Waals surface area contributed by atoms with Crippen LogP contribution in [0.15, 0.2) is 0 Å². The lowest BCUT2D eigenvalue weighted by atomic mass is 10.4. The fourth-order valence-corrected chi connectivity index (χ4v) is 1.30. The van der Waals surface area contributed by atoms with Crippen molar-refractivity contribution in [2.45, 2.75) is 39.5 Å². The summed E-state index contributed by atoms with van der Waals surface area (Å²) in [6.07, 6.45) is 2.18. The van der Waals surface area contributed by atoms with Crippen molar-refractivity contribution >= 4 is 18.2 Å². The lowest BCUT2D eigenvalue weighted by molar-refractivity contribution is 0.0762. The molecular formula is C12H26ClO5P. The summed E-state index contributed by atoms with van der Waals surface area (Å²) in [6, 6.07) is 0. The first-order valence-corrected chi connectivity index (χ1v) is 8.47. The number of hydrogen-bond acceptors (Lipinski definition) is 5. The SMILES string of the molecule is [2H]C([2H])(OCCCC)C([2H])([2H])OP(=O)(Cl)OC([2H])([2H])C([2H])([2H])OCCCC. The Balaban J connectivity index is 5.15. The summed E-state index contributed by atoms with van der Waals surface area (Å²) in [5.74, 6) is 0. The van der Waals surface area contributed by atoms with E-state index in [2.05, 4.69) is 9.05 Å². The van der Waals surface area contributed by atoms with Gasteiger partial charge in [0.1, 0.15) is 0 Å². The van der Waals surface area contributed by atoms with Crippen LogP contribution in [0.2, 0.25) is 0 Å². The standard InChI is InChI=1S/C12H26ClO5P/c1-3-5-7-15-9-11-17-19(13,14)18-12-10-16-8-6-4-2/h3-12H2,1-2H3/i9D2,10D2,11D2,12D2. The van der Waals surface area contributed by atoms with Gasteiger partial charge in [-0.15, -0.1) is 0 Å². The van der Waals surface area contributed by atoms with Gasteiger partial charge in [0.15, 0.2) is 0 Å². The van der Waals surface area contributed by atoms with Gasteiger partial charge in [0.05, 0.1) is 37.2 Å². The average molecular weight is 325 g/mol. The third kappa shape index (κ3) is 14.6. The van der Waals surface area contributed by atoms with Gasteiger partial charge in [-0.2, -0.15) is 0 Å². The molecule has 0 fully saturated rings. The molecule has 0 aliphatic heterocycles. The second kappa shape index (κ2) is 13.3. The van der Waals surface area contributed by atoms with Crippen molar-refractivity contribution in [3.63, 3.8) is 0 Å². The second-order valence-electron chi connectivity index (χ2n) is 3.43. The van der Waals surface area contributed by atoms with Crippen LogP contribution in [-0.2, 0) is 23.1 Å². The Labute approximate surface area is 132 Å². The Bertz CT molecular complexity index is 468. The molecule has 19 heavy (non-hydrogen) atoms. The van der Waals surface area contributed by atoms with Crippen LogP contribution in [0.1, 0.15) is 50.5 Å². The number of unbranched alkanes of at least 4 members (excludes halogenated alkanes) is 2. The van der Waals surface area contributed by atoms with Gasteiger partial charge in [-0.05, 0) is 12.8 Å². The average Bonchev–Trinajstić information content (AvgIpc) is 2.44. The zero-order valence-corrected chi connectivity index (χ0v) is 12.8. The van der Waals surface area contributed by atoms with E-state index < -0.39 is 33.2 Å². The lowest BCUT2D eigenvalue weighted by Crippen LogP contribution is -2.06. The molecule has 7 heteroatoms. The maximum atomic E-state index is 12.2. The molecular weight excluding hydrogens is 291 g/mol. The van der Waals surface area contributed by atoms with E-state index in [0.29, 0.717) is 25.7 Å². The number of ether oxygens (including phenoxy) is 2. The largest absolute Gasteiger partial charge is 0.424 e. The smallest absolute Gasteiger partial charge is 0.379 e. The van der Waals surface area contributed by atoms with E-state index >= 15 is 0 Å². The molecule has 0 aromatic rings. The summed E-state index contributed by atoms with van der Waals surface area (Å²) in [5.41, 5.74) is 0. The molecule has 0 aromatic heterocycles. The first-order valence-electron chi connectivity index (χ1n) is 10.0. The van der Waals surface area contributed by atoms with Gasteiger partial charge in [-0.25, -0.2) is 4.57 Å². The molecule has 0 spiro atoms. The van der Waals surface area contributed by atoms with Gasteiger partial charge < -0.3 is 9.47 Å². The van der Waals surface area contributed by atoms with Gasteiger partial charge in [-0.1, -0.05) is 26.7 Å². The first kappa shape index (κ1) is 9.39. The molecule has 0 N–H and O–H groups in total. The summed E-state index contributed by atoms with van der Waals surface area (Å²) in [7, 11) is 0. The maximum absolute atomic E-state index is 12.2. The molecule has 0 unspecified atom stereocenters. The van der Waals surface area contributed by atoms with Crippen LogP contribution in [0.5, 0.6) is 0 Å². The highest BCUT2D eigenvalue weighted by Crippen LogP contribution is 2.53. The van der Waals surface area contributed by atoms with Crippen LogP contribution in [0, 0.1) is 0 Å². The van der Waals surface area contributed by atoms with Crippen LogP contribution in [0.3, 0.4) is 0 Å². The zero-order valence-electron chi connectivity index (χ0n) is 19.1. The molecule has 0 aliphatic rings. The third-order valence-corrected chi connectivity index (χ3v) is 2.77. The Morgan fingerprint density at radius 3 is 1.74 bits per heavy atom. The van der Waals surface area contributed by atoms with Crippen molar-refractivity contribution in [3.8, 4) is 0 Å². The summed E-state index contributed by atoms with van der Waals surface area (Å²) in [4.78, 5) is 0. The molecule has 0 aromatic carbocycles. The van der Waals surface area contributed by atoms with E-state index in [1.807, 2.05) is 13.8 Å². The molecule has 0 radical (unpaired) electrons. The highest BCUT2D eigenvalue weighted by Gasteiger charge is 2.20. The Kier molecular flexibility index (Phi) is 6.60. The van der Waals surface area contributed by atoms with Gasteiger partial charge in [0.2, 0.25) is 0 Å². The molecule has 116 valence electrons. The highest BCUT2D eigenvalue weighted by molar-refractivity contribution is 7.81. The molecule has 0 atom stereocenters. The third-order valence-electron chi connectivity index (χ3n) is 1.74. The normalized spacial score (nSPS) is 21.2. The summed E-state index contributed by atoms with van der Waals surface area (Å²) in [5, 5.41) is 0. The fraction of sp³-hybridized carbons (Fsp3) is 1.00. The fourth-order valence-electron chi connectivity index (χ4n) is 0.759. The van der Waals surface area contributed by atoms with Crippen LogP contribution >= 0.6 is 18.2 Å². The van der Waals surface area contributed by atoms with Crippen LogP contribution < -0.4 is 0 Å². The topological polar surface area (TPSA) is 54.0 Å². The van der Waals surface area contributed by atoms with Crippen molar-refractivity contribution in [2.24, 2.45) is 0 Å². The van der Waals surface area contributed by atoms with Crippen molar-refractivity contribution < 1.29 is 34.1 Å². The molecule has 0 heterocycles. The summed E-state index contributed by atoms with van der Waals surface area (Å²) >= 11 is 5.43. The van der Waals surface area contributed by atoms with E-state index in [9.17, 15) is 4.57 Å². The van der Waals surface area contributed by atoms with E-state index in [0.717, 1.165) is 0 Å². The van der Waals surface area contributed by atoms with Gasteiger partial charge in [-0.3, -0.25) is 9.05 Å². The molecule has 0 rings (SSSR count). The first-order chi connectivity index (χ1) is 12.0. The van der Waals surface area contributed by atoms with Gasteiger partial charge in [0.25, 0.3) is 0 Å². The van der Waals surface area contributed by atoms with E-state index in [1.54, 1.807) is 0 Å². The molecule has 0 aliphatic carbocycles. The summed E-state index contributed by atoms with van der Waals surface area (Å²) in [6.45, 7) is -14.7. The number of hydrogen-bond donors (Lipinski definition) is 0. The van der Waals surface area contributed by atoms with Crippen molar-refractivity contribution in [2.75, 3.05) is 39.4 Å². The maximum Gasteiger partial charge on any atom is 0.424 e. The van der Waals surface area contributed by atoms with Crippen molar-refractivity contribution in [1.29, 1.82) is 0 Å². The molecule has 0 saturated heterocycles. The quantitative estimate of drug-likeness (QED) is 0.357. The molecule has 5 nitrogen and oxygen atoms in total. The Hall–Kier alpha value is 0.360. The lowest BCUT2D eigenvalue weighted by Gasteiger charge is -2.12. The van der Waals surface area contributed by atoms with Crippen LogP contribution in [0.25, 0.3) is 0 Å². The van der Waals surface area contributed by atoms with E-state index in [-0.39, 0.29) is 13.2 Å². The minimum Gasteiger partial charge on any atom is -0.379 e. The zero-order chi connectivity index (χ0) is 21.6. The van der Waals surface area contributed by atoms with Crippen molar-refractivity contribution in [1.82, 2.24) is 0 Å². The Morgan fingerprint density at radius 1 is 0.947 bits per heavy atom. The second-order valence-corrected chi connectivity index (χ2v) is 5.89. The van der Waals surface area contributed by atoms with Crippen molar-refractivity contribution in [3.05, 3.63) is 0 Å². The van der Waals surface area contributed by atoms with Gasteiger partial charge in [0, 0.05) is 24.5 Å². The van der Waals surface area contributed by atoms with Crippen LogP contribution in [-0.4, -0.2) is 39.4 Å². The monoisotopic (exact) mass is 324 g/mol. The summed E-state index contributed by atoms with van der Waals surface area (Å²) < 4.78 is 91.0.